The Morgan fingerprint density at radius 1 is 0.714 bits per heavy atom. The predicted octanol–water partition coefficient (Wildman–Crippen LogP) is 5.64. The van der Waals surface area contributed by atoms with Crippen molar-refractivity contribution in [2.24, 2.45) is 0 Å². The number of hydrogen-bond donors (Lipinski definition) is 0. The normalized spacial score (nSPS) is 11.3. The zero-order valence-corrected chi connectivity index (χ0v) is 10.6. The third-order valence-corrected chi connectivity index (χ3v) is 3.06. The van der Waals surface area contributed by atoms with Gasteiger partial charge in [0, 0.05) is 16.1 Å². The van der Waals surface area contributed by atoms with Crippen molar-refractivity contribution in [3.05, 3.63) is 57.9 Å². The molecule has 2 aromatic rings. The molecule has 0 radical (unpaired) electrons. The minimum Gasteiger partial charge on any atom is -0.205 e. The van der Waals surface area contributed by atoms with E-state index in [0.29, 0.717) is 0 Å². The fourth-order valence-electron chi connectivity index (χ4n) is 1.81. The first-order valence-corrected chi connectivity index (χ1v) is 5.73. The van der Waals surface area contributed by atoms with Crippen molar-refractivity contribution in [2.45, 2.75) is 6.43 Å². The molecule has 8 heteroatoms. The average Bonchev–Trinajstić information content (AvgIpc) is 2.44. The van der Waals surface area contributed by atoms with Gasteiger partial charge in [-0.15, -0.1) is 0 Å². The lowest BCUT2D eigenvalue weighted by Gasteiger charge is -2.14. The van der Waals surface area contributed by atoms with E-state index in [4.69, 9.17) is 11.6 Å². The van der Waals surface area contributed by atoms with E-state index in [1.54, 1.807) is 0 Å². The molecular formula is C13H4ClF7. The average molecular weight is 329 g/mol. The van der Waals surface area contributed by atoms with E-state index in [-0.39, 0.29) is 0 Å². The molecule has 0 unspecified atom stereocenters. The Labute approximate surface area is 118 Å². The van der Waals surface area contributed by atoms with Crippen LogP contribution in [0, 0.1) is 29.1 Å². The van der Waals surface area contributed by atoms with Crippen LogP contribution in [-0.4, -0.2) is 0 Å². The summed E-state index contributed by atoms with van der Waals surface area (Å²) in [6.07, 6.45) is -3.21. The molecule has 0 heterocycles. The first-order valence-electron chi connectivity index (χ1n) is 5.35. The van der Waals surface area contributed by atoms with Crippen molar-refractivity contribution in [3.63, 3.8) is 0 Å². The second-order valence-corrected chi connectivity index (χ2v) is 4.36. The first kappa shape index (κ1) is 15.6. The lowest BCUT2D eigenvalue weighted by molar-refractivity contribution is 0.152. The zero-order valence-electron chi connectivity index (χ0n) is 9.83. The Balaban J connectivity index is 2.93. The van der Waals surface area contributed by atoms with Gasteiger partial charge in [0.1, 0.15) is 0 Å². The fraction of sp³-hybridized carbons (Fsp3) is 0.0769. The third-order valence-electron chi connectivity index (χ3n) is 2.74. The topological polar surface area (TPSA) is 0 Å². The van der Waals surface area contributed by atoms with E-state index in [1.807, 2.05) is 0 Å². The lowest BCUT2D eigenvalue weighted by atomic mass is 9.98. The highest BCUT2D eigenvalue weighted by Crippen LogP contribution is 2.40. The van der Waals surface area contributed by atoms with Gasteiger partial charge in [0.25, 0.3) is 6.43 Å². The first-order chi connectivity index (χ1) is 9.77. The highest BCUT2D eigenvalue weighted by Gasteiger charge is 2.30. The van der Waals surface area contributed by atoms with Gasteiger partial charge in [-0.25, -0.2) is 30.7 Å². The van der Waals surface area contributed by atoms with Crippen LogP contribution in [-0.2, 0) is 0 Å². The number of halogens is 8. The van der Waals surface area contributed by atoms with Crippen molar-refractivity contribution in [3.8, 4) is 11.1 Å². The summed E-state index contributed by atoms with van der Waals surface area (Å²) in [4.78, 5) is 0. The Kier molecular flexibility index (Phi) is 4.13. The third kappa shape index (κ3) is 2.46. The summed E-state index contributed by atoms with van der Waals surface area (Å²) in [6, 6.07) is 2.85. The molecule has 21 heavy (non-hydrogen) atoms. The number of alkyl halides is 2. The summed E-state index contributed by atoms with van der Waals surface area (Å²) in [7, 11) is 0. The van der Waals surface area contributed by atoms with Gasteiger partial charge >= 0.3 is 0 Å². The van der Waals surface area contributed by atoms with Crippen LogP contribution < -0.4 is 0 Å². The summed E-state index contributed by atoms with van der Waals surface area (Å²) in [5, 5.41) is -0.559. The smallest absolute Gasteiger partial charge is 0.205 e. The summed E-state index contributed by atoms with van der Waals surface area (Å²) in [5.74, 6) is -11.3. The van der Waals surface area contributed by atoms with Crippen LogP contribution in [0.15, 0.2) is 18.2 Å². The van der Waals surface area contributed by atoms with Crippen molar-refractivity contribution in [2.75, 3.05) is 0 Å². The van der Waals surface area contributed by atoms with Crippen LogP contribution >= 0.6 is 11.6 Å². The van der Waals surface area contributed by atoms with Gasteiger partial charge in [0.05, 0.1) is 5.56 Å². The SMILES string of the molecule is Fc1c(F)c(F)c(-c2c(Cl)cccc2C(F)F)c(F)c1F. The molecule has 0 bridgehead atoms. The zero-order chi connectivity index (χ0) is 15.9. The molecular weight excluding hydrogens is 325 g/mol. The van der Waals surface area contributed by atoms with Gasteiger partial charge in [-0.2, -0.15) is 0 Å². The molecule has 0 atom stereocenters. The maximum absolute atomic E-state index is 13.7. The van der Waals surface area contributed by atoms with Crippen LogP contribution in [0.5, 0.6) is 0 Å². The monoisotopic (exact) mass is 328 g/mol. The largest absolute Gasteiger partial charge is 0.264 e. The van der Waals surface area contributed by atoms with E-state index in [1.165, 1.54) is 0 Å². The maximum Gasteiger partial charge on any atom is 0.264 e. The molecule has 0 aliphatic carbocycles. The molecule has 0 saturated heterocycles. The van der Waals surface area contributed by atoms with E-state index >= 15 is 0 Å². The number of benzene rings is 2. The Hall–Kier alpha value is -1.76. The molecule has 0 aromatic heterocycles. The van der Waals surface area contributed by atoms with Crippen LogP contribution in [0.4, 0.5) is 30.7 Å². The minimum atomic E-state index is -3.21. The van der Waals surface area contributed by atoms with Gasteiger partial charge in [-0.05, 0) is 6.07 Å². The highest BCUT2D eigenvalue weighted by molar-refractivity contribution is 6.33. The Morgan fingerprint density at radius 2 is 1.19 bits per heavy atom. The maximum atomic E-state index is 13.7. The van der Waals surface area contributed by atoms with Crippen molar-refractivity contribution >= 4 is 11.6 Å². The van der Waals surface area contributed by atoms with Crippen molar-refractivity contribution in [1.29, 1.82) is 0 Å². The molecule has 0 nitrogen and oxygen atoms in total. The molecule has 0 amide bonds. The molecule has 0 N–H and O–H groups in total. The molecule has 0 aliphatic heterocycles. The predicted molar refractivity (Wildman–Crippen MR) is 61.6 cm³/mol. The van der Waals surface area contributed by atoms with Gasteiger partial charge in [0.2, 0.25) is 5.82 Å². The minimum absolute atomic E-state index is 0.559. The highest BCUT2D eigenvalue weighted by atomic mass is 35.5. The molecule has 0 spiro atoms. The molecule has 112 valence electrons. The molecule has 0 saturated carbocycles. The molecule has 0 fully saturated rings. The van der Waals surface area contributed by atoms with E-state index in [2.05, 4.69) is 0 Å². The van der Waals surface area contributed by atoms with Crippen LogP contribution in [0.2, 0.25) is 5.02 Å². The second-order valence-electron chi connectivity index (χ2n) is 3.95. The number of rotatable bonds is 2. The summed E-state index contributed by atoms with van der Waals surface area (Å²) >= 11 is 5.59. The summed E-state index contributed by atoms with van der Waals surface area (Å²) in [6.45, 7) is 0. The van der Waals surface area contributed by atoms with Gasteiger partial charge in [-0.3, -0.25) is 0 Å². The van der Waals surface area contributed by atoms with Crippen LogP contribution in [0.25, 0.3) is 11.1 Å². The van der Waals surface area contributed by atoms with E-state index < -0.39 is 57.2 Å². The van der Waals surface area contributed by atoms with E-state index in [0.717, 1.165) is 18.2 Å². The van der Waals surface area contributed by atoms with Gasteiger partial charge < -0.3 is 0 Å². The summed E-state index contributed by atoms with van der Waals surface area (Å²) < 4.78 is 92.4. The van der Waals surface area contributed by atoms with Crippen molar-refractivity contribution in [1.82, 2.24) is 0 Å². The summed E-state index contributed by atoms with van der Waals surface area (Å²) in [5.41, 5.74) is -3.35. The standard InChI is InChI=1S/C13H4ClF7/c14-5-3-1-2-4(13(20)21)6(5)7-8(15)10(17)12(19)11(18)9(7)16/h1-3,13H. The van der Waals surface area contributed by atoms with Crippen molar-refractivity contribution < 1.29 is 30.7 Å². The molecule has 2 rings (SSSR count). The molecule has 0 aliphatic rings. The number of hydrogen-bond acceptors (Lipinski definition) is 0. The molecule has 2 aromatic carbocycles. The van der Waals surface area contributed by atoms with Crippen LogP contribution in [0.3, 0.4) is 0 Å². The second kappa shape index (κ2) is 5.55. The van der Waals surface area contributed by atoms with Crippen LogP contribution in [0.1, 0.15) is 12.0 Å². The van der Waals surface area contributed by atoms with E-state index in [9.17, 15) is 30.7 Å². The fourth-order valence-corrected chi connectivity index (χ4v) is 2.09. The Bertz CT molecular complexity index is 683. The quantitative estimate of drug-likeness (QED) is 0.380. The van der Waals surface area contributed by atoms with Gasteiger partial charge in [0.15, 0.2) is 23.3 Å². The van der Waals surface area contributed by atoms with Gasteiger partial charge in [-0.1, -0.05) is 23.7 Å². The lowest BCUT2D eigenvalue weighted by Crippen LogP contribution is -2.06. The Morgan fingerprint density at radius 3 is 1.67 bits per heavy atom.